The van der Waals surface area contributed by atoms with Crippen molar-refractivity contribution < 1.29 is 22.5 Å². The zero-order chi connectivity index (χ0) is 16.1. The fourth-order valence-electron chi connectivity index (χ4n) is 1.86. The van der Waals surface area contributed by atoms with Gasteiger partial charge in [-0.15, -0.1) is 0 Å². The second kappa shape index (κ2) is 4.84. The molecule has 0 unspecified atom stereocenters. The van der Waals surface area contributed by atoms with Crippen LogP contribution in [0.4, 0.5) is 13.2 Å². The normalized spacial score (nSPS) is 20.8. The van der Waals surface area contributed by atoms with Crippen LogP contribution in [-0.2, 0) is 15.9 Å². The molecule has 0 radical (unpaired) electrons. The standard InChI is InChI=1S/C12H16BF3N2O3/c1-10(2)11(3,4)21-13(20-10)8-6-18(7-12(14,15)16)9(19)5-17-8/h5-6H,7H2,1-4H3. The molecule has 1 saturated heterocycles. The molecule has 1 aliphatic rings. The molecular weight excluding hydrogens is 288 g/mol. The Balaban J connectivity index is 2.31. The van der Waals surface area contributed by atoms with Crippen LogP contribution < -0.4 is 11.2 Å². The zero-order valence-corrected chi connectivity index (χ0v) is 12.2. The van der Waals surface area contributed by atoms with Crippen LogP contribution >= 0.6 is 0 Å². The third-order valence-electron chi connectivity index (χ3n) is 3.74. The molecule has 9 heteroatoms. The van der Waals surface area contributed by atoms with Crippen LogP contribution in [0.2, 0.25) is 0 Å². The topological polar surface area (TPSA) is 53.4 Å². The van der Waals surface area contributed by atoms with E-state index in [9.17, 15) is 18.0 Å². The van der Waals surface area contributed by atoms with Crippen LogP contribution in [0.5, 0.6) is 0 Å². The van der Waals surface area contributed by atoms with E-state index in [2.05, 4.69) is 4.98 Å². The molecule has 0 aliphatic carbocycles. The summed E-state index contributed by atoms with van der Waals surface area (Å²) in [6.45, 7) is 5.90. The van der Waals surface area contributed by atoms with E-state index < -0.39 is 36.6 Å². The summed E-state index contributed by atoms with van der Waals surface area (Å²) in [7, 11) is -0.907. The molecule has 0 aromatic carbocycles. The molecule has 5 nitrogen and oxygen atoms in total. The van der Waals surface area contributed by atoms with Crippen molar-refractivity contribution in [2.24, 2.45) is 0 Å². The van der Waals surface area contributed by atoms with Crippen molar-refractivity contribution in [1.82, 2.24) is 9.55 Å². The molecule has 1 aromatic rings. The summed E-state index contributed by atoms with van der Waals surface area (Å²) in [5.41, 5.74) is -1.96. The Labute approximate surface area is 120 Å². The lowest BCUT2D eigenvalue weighted by Crippen LogP contribution is -2.41. The highest BCUT2D eigenvalue weighted by molar-refractivity contribution is 6.61. The van der Waals surface area contributed by atoms with Crippen LogP contribution in [0.15, 0.2) is 17.2 Å². The van der Waals surface area contributed by atoms with Crippen LogP contribution in [0.3, 0.4) is 0 Å². The summed E-state index contributed by atoms with van der Waals surface area (Å²) < 4.78 is 49.2. The van der Waals surface area contributed by atoms with Crippen LogP contribution in [0.1, 0.15) is 27.7 Å². The summed E-state index contributed by atoms with van der Waals surface area (Å²) in [4.78, 5) is 15.3. The van der Waals surface area contributed by atoms with E-state index in [-0.39, 0.29) is 5.59 Å². The largest absolute Gasteiger partial charge is 0.516 e. The molecule has 0 N–H and O–H groups in total. The average Bonchev–Trinajstić information content (AvgIpc) is 2.49. The van der Waals surface area contributed by atoms with Crippen LogP contribution in [0.25, 0.3) is 0 Å². The van der Waals surface area contributed by atoms with Gasteiger partial charge in [0.25, 0.3) is 5.56 Å². The van der Waals surface area contributed by atoms with Gasteiger partial charge in [0.1, 0.15) is 6.54 Å². The second-order valence-corrected chi connectivity index (χ2v) is 5.98. The lowest BCUT2D eigenvalue weighted by atomic mass is 9.85. The predicted octanol–water partition coefficient (Wildman–Crippen LogP) is 1.10. The fourth-order valence-corrected chi connectivity index (χ4v) is 1.86. The number of rotatable bonds is 2. The molecule has 1 aromatic heterocycles. The van der Waals surface area contributed by atoms with Gasteiger partial charge in [-0.1, -0.05) is 0 Å². The smallest absolute Gasteiger partial charge is 0.398 e. The first-order valence-corrected chi connectivity index (χ1v) is 6.40. The number of halogens is 3. The van der Waals surface area contributed by atoms with Crippen molar-refractivity contribution in [3.05, 3.63) is 22.7 Å². The molecule has 1 fully saturated rings. The SMILES string of the molecule is CC1(C)OB(c2cn(CC(F)(F)F)c(=O)cn2)OC1(C)C. The monoisotopic (exact) mass is 304 g/mol. The second-order valence-electron chi connectivity index (χ2n) is 5.98. The summed E-state index contributed by atoms with van der Waals surface area (Å²) in [5.74, 6) is 0. The maximum atomic E-state index is 12.4. The average molecular weight is 304 g/mol. The Morgan fingerprint density at radius 1 is 1.24 bits per heavy atom. The first-order valence-electron chi connectivity index (χ1n) is 6.40. The highest BCUT2D eigenvalue weighted by atomic mass is 19.4. The maximum Gasteiger partial charge on any atom is 0.516 e. The highest BCUT2D eigenvalue weighted by Crippen LogP contribution is 2.36. The lowest BCUT2D eigenvalue weighted by molar-refractivity contribution is -0.141. The van der Waals surface area contributed by atoms with Gasteiger partial charge in [0, 0.05) is 6.20 Å². The quantitative estimate of drug-likeness (QED) is 0.768. The zero-order valence-electron chi connectivity index (χ0n) is 12.2. The Kier molecular flexibility index (Phi) is 3.70. The highest BCUT2D eigenvalue weighted by Gasteiger charge is 2.52. The molecule has 21 heavy (non-hydrogen) atoms. The van der Waals surface area contributed by atoms with Gasteiger partial charge in [-0.2, -0.15) is 13.2 Å². The van der Waals surface area contributed by atoms with E-state index >= 15 is 0 Å². The van der Waals surface area contributed by atoms with Gasteiger partial charge in [-0.05, 0) is 27.7 Å². The van der Waals surface area contributed by atoms with Gasteiger partial charge < -0.3 is 13.9 Å². The molecule has 0 atom stereocenters. The third-order valence-corrected chi connectivity index (χ3v) is 3.74. The Morgan fingerprint density at radius 2 is 1.76 bits per heavy atom. The molecular formula is C12H16BF3N2O3. The minimum absolute atomic E-state index is 0.137. The molecule has 0 amide bonds. The minimum atomic E-state index is -4.49. The number of hydrogen-bond acceptors (Lipinski definition) is 4. The van der Waals surface area contributed by atoms with E-state index in [0.29, 0.717) is 4.57 Å². The summed E-state index contributed by atoms with van der Waals surface area (Å²) in [6.07, 6.45) is -2.62. The molecule has 1 aliphatic heterocycles. The van der Waals surface area contributed by atoms with E-state index in [0.717, 1.165) is 12.4 Å². The van der Waals surface area contributed by atoms with E-state index in [1.165, 1.54) is 0 Å². The third kappa shape index (κ3) is 3.29. The van der Waals surface area contributed by atoms with E-state index in [1.807, 2.05) is 27.7 Å². The molecule has 116 valence electrons. The summed E-state index contributed by atoms with van der Waals surface area (Å²) >= 11 is 0. The van der Waals surface area contributed by atoms with Crippen LogP contribution in [-0.4, -0.2) is 34.0 Å². The minimum Gasteiger partial charge on any atom is -0.398 e. The van der Waals surface area contributed by atoms with Gasteiger partial charge in [-0.25, -0.2) is 0 Å². The maximum absolute atomic E-state index is 12.4. The Bertz CT molecular complexity index is 582. The first kappa shape index (κ1) is 16.0. The molecule has 0 spiro atoms. The van der Waals surface area contributed by atoms with Crippen molar-refractivity contribution in [2.45, 2.75) is 51.6 Å². The van der Waals surface area contributed by atoms with Gasteiger partial charge >= 0.3 is 13.3 Å². The van der Waals surface area contributed by atoms with Crippen molar-refractivity contribution in [3.63, 3.8) is 0 Å². The predicted molar refractivity (Wildman–Crippen MR) is 70.3 cm³/mol. The van der Waals surface area contributed by atoms with Gasteiger partial charge in [0.05, 0.1) is 23.0 Å². The van der Waals surface area contributed by atoms with Crippen molar-refractivity contribution in [1.29, 1.82) is 0 Å². The number of alkyl halides is 3. The van der Waals surface area contributed by atoms with Crippen molar-refractivity contribution >= 4 is 12.7 Å². The molecule has 2 heterocycles. The molecule has 0 bridgehead atoms. The summed E-state index contributed by atoms with van der Waals surface area (Å²) in [5, 5.41) is 0. The summed E-state index contributed by atoms with van der Waals surface area (Å²) in [6, 6.07) is 0. The van der Waals surface area contributed by atoms with Gasteiger partial charge in [0.2, 0.25) is 0 Å². The van der Waals surface area contributed by atoms with E-state index in [1.54, 1.807) is 0 Å². The number of nitrogens with zero attached hydrogens (tertiary/aromatic N) is 2. The Morgan fingerprint density at radius 3 is 2.24 bits per heavy atom. The molecule has 2 rings (SSSR count). The first-order chi connectivity index (χ1) is 9.41. The Hall–Kier alpha value is -1.35. The van der Waals surface area contributed by atoms with Gasteiger partial charge in [-0.3, -0.25) is 9.78 Å². The lowest BCUT2D eigenvalue weighted by Gasteiger charge is -2.32. The van der Waals surface area contributed by atoms with E-state index in [4.69, 9.17) is 9.31 Å². The van der Waals surface area contributed by atoms with Crippen LogP contribution in [0, 0.1) is 0 Å². The number of aromatic nitrogens is 2. The van der Waals surface area contributed by atoms with Crippen molar-refractivity contribution in [2.75, 3.05) is 0 Å². The molecule has 0 saturated carbocycles. The van der Waals surface area contributed by atoms with Gasteiger partial charge in [0.15, 0.2) is 0 Å². The van der Waals surface area contributed by atoms with Crippen molar-refractivity contribution in [3.8, 4) is 0 Å². The number of hydrogen-bond donors (Lipinski definition) is 0. The fraction of sp³-hybridized carbons (Fsp3) is 0.667.